The summed E-state index contributed by atoms with van der Waals surface area (Å²) < 4.78 is 42.7. The van der Waals surface area contributed by atoms with E-state index in [9.17, 15) is 13.6 Å². The number of allylic oxidation sites excluding steroid dienone is 1. The molecule has 0 bridgehead atoms. The number of fused-ring (bicyclic) bond motifs is 1. The molecule has 1 unspecified atom stereocenters. The highest BCUT2D eigenvalue weighted by Crippen LogP contribution is 2.40. The van der Waals surface area contributed by atoms with Crippen LogP contribution >= 0.6 is 11.6 Å². The molecule has 0 amide bonds. The van der Waals surface area contributed by atoms with E-state index >= 15 is 0 Å². The van der Waals surface area contributed by atoms with Gasteiger partial charge in [-0.25, -0.2) is 4.79 Å². The summed E-state index contributed by atoms with van der Waals surface area (Å²) in [5, 5.41) is 14.6. The van der Waals surface area contributed by atoms with Crippen molar-refractivity contribution < 1.29 is 27.8 Å². The minimum absolute atomic E-state index is 0.0231. The van der Waals surface area contributed by atoms with Crippen molar-refractivity contribution in [2.45, 2.75) is 26.2 Å². The van der Waals surface area contributed by atoms with Crippen molar-refractivity contribution in [2.24, 2.45) is 0 Å². The fourth-order valence-electron chi connectivity index (χ4n) is 3.45. The maximum Gasteiger partial charge on any atom is 0.387 e. The highest BCUT2D eigenvalue weighted by Gasteiger charge is 2.37. The van der Waals surface area contributed by atoms with Crippen LogP contribution in [0.1, 0.15) is 24.1 Å². The monoisotopic (exact) mass is 477 g/mol. The average Bonchev–Trinajstić information content (AvgIpc) is 3.26. The second-order valence-electron chi connectivity index (χ2n) is 7.00. The second kappa shape index (κ2) is 9.41. The maximum atomic E-state index is 13.2. The first-order chi connectivity index (χ1) is 15.9. The summed E-state index contributed by atoms with van der Waals surface area (Å²) in [7, 11) is 1.55. The number of benzene rings is 2. The van der Waals surface area contributed by atoms with E-state index in [4.69, 9.17) is 21.1 Å². The molecule has 172 valence electrons. The van der Waals surface area contributed by atoms with Crippen molar-refractivity contribution in [1.82, 2.24) is 20.2 Å². The molecule has 0 saturated heterocycles. The molecule has 2 heterocycles. The molecule has 0 radical (unpaired) electrons. The Kier molecular flexibility index (Phi) is 6.40. The van der Waals surface area contributed by atoms with E-state index < -0.39 is 18.6 Å². The third kappa shape index (κ3) is 4.72. The number of nitrogens with one attached hydrogen (secondary N) is 1. The molecule has 1 atom stereocenters. The van der Waals surface area contributed by atoms with E-state index in [0.29, 0.717) is 11.4 Å². The number of esters is 1. The number of tetrazole rings is 1. The van der Waals surface area contributed by atoms with Crippen molar-refractivity contribution in [3.8, 4) is 11.5 Å². The molecule has 9 nitrogen and oxygen atoms in total. The van der Waals surface area contributed by atoms with Crippen LogP contribution in [0.25, 0.3) is 0 Å². The summed E-state index contributed by atoms with van der Waals surface area (Å²) in [5.41, 5.74) is 1.42. The van der Waals surface area contributed by atoms with Crippen molar-refractivity contribution in [1.29, 1.82) is 0 Å². The van der Waals surface area contributed by atoms with E-state index in [-0.39, 0.29) is 34.5 Å². The molecule has 0 saturated carbocycles. The lowest BCUT2D eigenvalue weighted by molar-refractivity contribution is -0.140. The van der Waals surface area contributed by atoms with Gasteiger partial charge in [-0.05, 0) is 53.2 Å². The van der Waals surface area contributed by atoms with Gasteiger partial charge in [0.15, 0.2) is 0 Å². The third-order valence-electron chi connectivity index (χ3n) is 4.95. The van der Waals surface area contributed by atoms with Crippen LogP contribution in [-0.4, -0.2) is 39.9 Å². The van der Waals surface area contributed by atoms with Crippen molar-refractivity contribution >= 4 is 23.5 Å². The van der Waals surface area contributed by atoms with Gasteiger partial charge in [-0.15, -0.1) is 0 Å². The van der Waals surface area contributed by atoms with Crippen LogP contribution in [0, 0.1) is 0 Å². The van der Waals surface area contributed by atoms with Crippen LogP contribution in [0.5, 0.6) is 11.5 Å². The smallest absolute Gasteiger partial charge is 0.387 e. The summed E-state index contributed by atoms with van der Waals surface area (Å²) >= 11 is 6.14. The summed E-state index contributed by atoms with van der Waals surface area (Å²) in [5.74, 6) is 0.0204. The van der Waals surface area contributed by atoms with E-state index in [1.54, 1.807) is 38.3 Å². The van der Waals surface area contributed by atoms with E-state index in [2.05, 4.69) is 25.6 Å². The highest BCUT2D eigenvalue weighted by molar-refractivity contribution is 6.30. The molecule has 0 aliphatic carbocycles. The van der Waals surface area contributed by atoms with E-state index in [1.165, 1.54) is 22.9 Å². The Morgan fingerprint density at radius 3 is 2.70 bits per heavy atom. The Balaban J connectivity index is 1.70. The number of hydrogen-bond acceptors (Lipinski definition) is 8. The average molecular weight is 478 g/mol. The van der Waals surface area contributed by atoms with Crippen LogP contribution in [0.2, 0.25) is 5.02 Å². The van der Waals surface area contributed by atoms with E-state index in [1.807, 2.05) is 0 Å². The Labute approximate surface area is 191 Å². The normalized spacial score (nSPS) is 15.2. The molecule has 33 heavy (non-hydrogen) atoms. The third-order valence-corrected chi connectivity index (χ3v) is 5.18. The highest BCUT2D eigenvalue weighted by atomic mass is 35.5. The number of hydrogen-bond donors (Lipinski definition) is 1. The van der Waals surface area contributed by atoms with Gasteiger partial charge in [-0.1, -0.05) is 28.8 Å². The number of carbonyl (C=O) groups is 1. The molecular formula is C21H18ClF2N5O4. The van der Waals surface area contributed by atoms with Gasteiger partial charge in [0.05, 0.1) is 12.7 Å². The van der Waals surface area contributed by atoms with Gasteiger partial charge in [0.2, 0.25) is 5.95 Å². The molecule has 1 N–H and O–H groups in total. The molecule has 1 aliphatic rings. The fourth-order valence-corrected chi connectivity index (χ4v) is 3.63. The van der Waals surface area contributed by atoms with Crippen LogP contribution in [-0.2, 0) is 16.1 Å². The van der Waals surface area contributed by atoms with E-state index in [0.717, 1.165) is 5.56 Å². The quantitative estimate of drug-likeness (QED) is 0.510. The van der Waals surface area contributed by atoms with Crippen molar-refractivity contribution in [3.63, 3.8) is 0 Å². The van der Waals surface area contributed by atoms with Gasteiger partial charge in [0, 0.05) is 16.3 Å². The van der Waals surface area contributed by atoms with Gasteiger partial charge in [0.1, 0.15) is 24.1 Å². The Morgan fingerprint density at radius 2 is 2.00 bits per heavy atom. The molecule has 4 rings (SSSR count). The Hall–Kier alpha value is -3.73. The largest absolute Gasteiger partial charge is 0.497 e. The number of alkyl halides is 2. The van der Waals surface area contributed by atoms with Gasteiger partial charge in [-0.2, -0.15) is 13.5 Å². The zero-order valence-electron chi connectivity index (χ0n) is 17.5. The number of halogens is 3. The fraction of sp³-hybridized carbons (Fsp3) is 0.238. The topological polar surface area (TPSA) is 100 Å². The van der Waals surface area contributed by atoms with Crippen LogP contribution < -0.4 is 14.8 Å². The number of carbonyl (C=O) groups excluding carboxylic acids is 1. The summed E-state index contributed by atoms with van der Waals surface area (Å²) in [6, 6.07) is 10.1. The molecule has 1 aromatic heterocycles. The Morgan fingerprint density at radius 1 is 1.24 bits per heavy atom. The number of anilines is 1. The number of aromatic nitrogens is 4. The van der Waals surface area contributed by atoms with Crippen molar-refractivity contribution in [3.05, 3.63) is 69.9 Å². The van der Waals surface area contributed by atoms with Crippen LogP contribution in [0.4, 0.5) is 14.7 Å². The lowest BCUT2D eigenvalue weighted by Crippen LogP contribution is -2.30. The molecule has 2 aromatic carbocycles. The first-order valence-corrected chi connectivity index (χ1v) is 10.0. The summed E-state index contributed by atoms with van der Waals surface area (Å²) in [4.78, 5) is 13.2. The molecule has 0 spiro atoms. The minimum atomic E-state index is -3.09. The lowest BCUT2D eigenvalue weighted by Gasteiger charge is -2.28. The predicted molar refractivity (Wildman–Crippen MR) is 113 cm³/mol. The molecule has 0 fully saturated rings. The Bertz CT molecular complexity index is 1200. The number of ether oxygens (including phenoxy) is 3. The van der Waals surface area contributed by atoms with Gasteiger partial charge < -0.3 is 19.5 Å². The minimum Gasteiger partial charge on any atom is -0.497 e. The summed E-state index contributed by atoms with van der Waals surface area (Å²) in [6.07, 6.45) is 0. The van der Waals surface area contributed by atoms with Crippen LogP contribution in [0.3, 0.4) is 0 Å². The SMILES string of the molecule is COc1ccc(COC(=O)C2=C(C)Nc3nnnn3C2c2cc(Cl)ccc2OC(F)F)cc1. The molecule has 12 heteroatoms. The molecule has 1 aliphatic heterocycles. The molecule has 3 aromatic rings. The van der Waals surface area contributed by atoms with Crippen molar-refractivity contribution in [2.75, 3.05) is 12.4 Å². The zero-order chi connectivity index (χ0) is 23.5. The first-order valence-electron chi connectivity index (χ1n) is 9.67. The lowest BCUT2D eigenvalue weighted by atomic mass is 9.95. The van der Waals surface area contributed by atoms with Crippen LogP contribution in [0.15, 0.2) is 53.7 Å². The first kappa shape index (κ1) is 22.5. The van der Waals surface area contributed by atoms with Gasteiger partial charge in [-0.3, -0.25) is 0 Å². The predicted octanol–water partition coefficient (Wildman–Crippen LogP) is 3.97. The van der Waals surface area contributed by atoms with Gasteiger partial charge >= 0.3 is 12.6 Å². The number of rotatable bonds is 7. The maximum absolute atomic E-state index is 13.2. The molecular weight excluding hydrogens is 460 g/mol. The number of methoxy groups -OCH3 is 1. The number of nitrogens with zero attached hydrogens (tertiary/aromatic N) is 4. The summed E-state index contributed by atoms with van der Waals surface area (Å²) in [6.45, 7) is -1.48. The standard InChI is InChI=1S/C21H18ClF2N5O4/c1-11-17(19(30)32-10-12-3-6-14(31-2)7-4-12)18(29-21(25-11)26-27-28-29)15-9-13(22)5-8-16(15)33-20(23)24/h3-9,18,20H,10H2,1-2H3,(H,25,26,28). The van der Waals surface area contributed by atoms with Gasteiger partial charge in [0.25, 0.3) is 0 Å². The second-order valence-corrected chi connectivity index (χ2v) is 7.43. The zero-order valence-corrected chi connectivity index (χ0v) is 18.2.